The number of allylic oxidation sites excluding steroid dienone is 4. The average Bonchev–Trinajstić information content (AvgIpc) is 3.29. The fourth-order valence-electron chi connectivity index (χ4n) is 10.3. The first-order valence-electron chi connectivity index (χ1n) is 23.5. The molecule has 4 aliphatic rings. The highest BCUT2D eigenvalue weighted by Crippen LogP contribution is 2.39. The van der Waals surface area contributed by atoms with Crippen molar-refractivity contribution in [1.29, 1.82) is 0 Å². The summed E-state index contributed by atoms with van der Waals surface area (Å²) >= 11 is 0. The molecular weight excluding hydrogens is 871 g/mol. The smallest absolute Gasteiger partial charge is 0.329 e. The first-order valence-corrected chi connectivity index (χ1v) is 25.0. The van der Waals surface area contributed by atoms with Gasteiger partial charge in [0, 0.05) is 57.5 Å². The number of Topliss-reactive ketones (excluding diaryl/α,β-unsaturated/α-hetero) is 2. The van der Waals surface area contributed by atoms with Crippen LogP contribution in [-0.4, -0.2) is 135 Å². The maximum Gasteiger partial charge on any atom is 0.329 e. The SMILES string of the molecule is COC1CC(/C=C(\C)C2OC(=O)C3CCCCN3C(=O)C(=O)C3(O)OC(C(OC)CC(C)C/C(C)=C/C(C/C=C/S(=O)(=O)c4ccccc4)C(=O)CC(O)C2C)C(OC)CC3C)CCC1O. The Bertz CT molecular complexity index is 2040. The molecule has 3 fully saturated rings. The second-order valence-electron chi connectivity index (χ2n) is 19.2. The van der Waals surface area contributed by atoms with Gasteiger partial charge in [0.2, 0.25) is 5.79 Å². The number of amides is 1. The van der Waals surface area contributed by atoms with Crippen LogP contribution in [0.1, 0.15) is 105 Å². The van der Waals surface area contributed by atoms with Crippen molar-refractivity contribution in [2.45, 2.75) is 165 Å². The van der Waals surface area contributed by atoms with Crippen LogP contribution in [0.2, 0.25) is 0 Å². The van der Waals surface area contributed by atoms with Crippen molar-refractivity contribution in [3.8, 4) is 0 Å². The van der Waals surface area contributed by atoms with Crippen LogP contribution < -0.4 is 0 Å². The molecule has 66 heavy (non-hydrogen) atoms. The summed E-state index contributed by atoms with van der Waals surface area (Å²) < 4.78 is 56.3. The van der Waals surface area contributed by atoms with Gasteiger partial charge in [-0.05, 0) is 108 Å². The molecular formula is C50H73NO14S. The Morgan fingerprint density at radius 1 is 0.879 bits per heavy atom. The van der Waals surface area contributed by atoms with E-state index in [2.05, 4.69) is 0 Å². The highest BCUT2D eigenvalue weighted by atomic mass is 32.2. The zero-order valence-corrected chi connectivity index (χ0v) is 40.7. The second kappa shape index (κ2) is 23.6. The summed E-state index contributed by atoms with van der Waals surface area (Å²) in [6.45, 7) is 8.95. The molecule has 14 unspecified atom stereocenters. The fourth-order valence-corrected chi connectivity index (χ4v) is 11.3. The topological polar surface area (TPSA) is 212 Å². The number of hydrogen-bond donors (Lipinski definition) is 3. The number of ether oxygens (including phenoxy) is 5. The number of benzene rings is 1. The van der Waals surface area contributed by atoms with Gasteiger partial charge in [0.15, 0.2) is 9.84 Å². The monoisotopic (exact) mass is 943 g/mol. The number of carbonyl (C=O) groups is 4. The molecule has 0 spiro atoms. The van der Waals surface area contributed by atoms with Gasteiger partial charge in [0.1, 0.15) is 24.0 Å². The van der Waals surface area contributed by atoms with E-state index >= 15 is 0 Å². The van der Waals surface area contributed by atoms with Crippen LogP contribution >= 0.6 is 0 Å². The van der Waals surface area contributed by atoms with Gasteiger partial charge in [-0.25, -0.2) is 13.2 Å². The Morgan fingerprint density at radius 2 is 1.55 bits per heavy atom. The van der Waals surface area contributed by atoms with Gasteiger partial charge in [0.25, 0.3) is 11.7 Å². The molecule has 0 aromatic heterocycles. The Balaban J connectivity index is 1.56. The third-order valence-electron chi connectivity index (χ3n) is 14.2. The summed E-state index contributed by atoms with van der Waals surface area (Å²) in [6, 6.07) is 6.75. The lowest BCUT2D eigenvalue weighted by atomic mass is 9.81. The number of ketones is 2. The minimum absolute atomic E-state index is 0.0196. The van der Waals surface area contributed by atoms with E-state index in [9.17, 15) is 42.9 Å². The number of fused-ring (bicyclic) bond motifs is 3. The van der Waals surface area contributed by atoms with Crippen molar-refractivity contribution in [2.24, 2.45) is 29.6 Å². The Hall–Kier alpha value is -3.61. The molecule has 1 aliphatic carbocycles. The largest absolute Gasteiger partial charge is 0.456 e. The van der Waals surface area contributed by atoms with E-state index in [0.29, 0.717) is 50.5 Å². The lowest BCUT2D eigenvalue weighted by Crippen LogP contribution is -2.64. The molecule has 1 aromatic carbocycles. The van der Waals surface area contributed by atoms with Gasteiger partial charge in [-0.15, -0.1) is 0 Å². The lowest BCUT2D eigenvalue weighted by Gasteiger charge is -2.47. The van der Waals surface area contributed by atoms with Crippen LogP contribution in [0, 0.1) is 29.6 Å². The van der Waals surface area contributed by atoms with Crippen LogP contribution in [-0.2, 0) is 52.7 Å². The molecule has 0 radical (unpaired) electrons. The second-order valence-corrected chi connectivity index (χ2v) is 21.0. The summed E-state index contributed by atoms with van der Waals surface area (Å²) in [5, 5.41) is 35.7. The highest BCUT2D eigenvalue weighted by Gasteiger charge is 2.56. The summed E-state index contributed by atoms with van der Waals surface area (Å²) in [5.74, 6) is -8.79. The zero-order chi connectivity index (χ0) is 48.5. The molecule has 3 heterocycles. The van der Waals surface area contributed by atoms with Gasteiger partial charge >= 0.3 is 5.97 Å². The molecule has 2 saturated heterocycles. The van der Waals surface area contributed by atoms with Crippen LogP contribution in [0.4, 0.5) is 0 Å². The number of methoxy groups -OCH3 is 3. The van der Waals surface area contributed by atoms with Gasteiger partial charge in [-0.2, -0.15) is 0 Å². The van der Waals surface area contributed by atoms with Crippen molar-refractivity contribution in [1.82, 2.24) is 4.90 Å². The Labute approximate surface area is 390 Å². The van der Waals surface area contributed by atoms with Crippen molar-refractivity contribution in [3.63, 3.8) is 0 Å². The van der Waals surface area contributed by atoms with Crippen molar-refractivity contribution >= 4 is 33.3 Å². The number of nitrogens with zero attached hydrogens (tertiary/aromatic N) is 1. The summed E-state index contributed by atoms with van der Waals surface area (Å²) in [5.41, 5.74) is 1.40. The van der Waals surface area contributed by atoms with Crippen LogP contribution in [0.5, 0.6) is 0 Å². The zero-order valence-electron chi connectivity index (χ0n) is 39.9. The van der Waals surface area contributed by atoms with Crippen LogP contribution in [0.15, 0.2) is 70.0 Å². The number of carbonyl (C=O) groups excluding carboxylic acids is 4. The highest BCUT2D eigenvalue weighted by molar-refractivity contribution is 7.94. The van der Waals surface area contributed by atoms with Crippen molar-refractivity contribution in [2.75, 3.05) is 27.9 Å². The molecule has 3 aliphatic heterocycles. The summed E-state index contributed by atoms with van der Waals surface area (Å²) in [4.78, 5) is 58.8. The fraction of sp³-hybridized carbons (Fsp3) is 0.680. The minimum atomic E-state index is -3.82. The maximum atomic E-state index is 14.5. The van der Waals surface area contributed by atoms with E-state index < -0.39 is 99.8 Å². The lowest BCUT2D eigenvalue weighted by molar-refractivity contribution is -0.302. The molecule has 14 atom stereocenters. The maximum absolute atomic E-state index is 14.5. The molecule has 16 heteroatoms. The van der Waals surface area contributed by atoms with Gasteiger partial charge < -0.3 is 43.9 Å². The Kier molecular flexibility index (Phi) is 19.1. The molecule has 3 N–H and O–H groups in total. The normalized spacial score (nSPS) is 37.4. The minimum Gasteiger partial charge on any atom is -0.456 e. The van der Waals surface area contributed by atoms with E-state index in [1.807, 2.05) is 19.9 Å². The number of cyclic esters (lactones) is 1. The van der Waals surface area contributed by atoms with Gasteiger partial charge in [0.05, 0.1) is 35.4 Å². The quantitative estimate of drug-likeness (QED) is 0.160. The number of hydrogen-bond acceptors (Lipinski definition) is 14. The van der Waals surface area contributed by atoms with Crippen molar-refractivity contribution < 1.29 is 66.6 Å². The van der Waals surface area contributed by atoms with E-state index in [1.165, 1.54) is 39.5 Å². The number of rotatable bonds is 9. The molecule has 1 amide bonds. The van der Waals surface area contributed by atoms with Gasteiger partial charge in [-0.1, -0.05) is 62.8 Å². The van der Waals surface area contributed by atoms with E-state index in [4.69, 9.17) is 23.7 Å². The molecule has 5 rings (SSSR count). The molecule has 1 saturated carbocycles. The molecule has 368 valence electrons. The third-order valence-corrected chi connectivity index (χ3v) is 15.7. The first kappa shape index (κ1) is 53.3. The number of aliphatic hydroxyl groups excluding tert-OH is 2. The van der Waals surface area contributed by atoms with E-state index in [0.717, 1.165) is 15.9 Å². The van der Waals surface area contributed by atoms with E-state index in [-0.39, 0.29) is 54.7 Å². The predicted octanol–water partition coefficient (Wildman–Crippen LogP) is 5.44. The summed E-state index contributed by atoms with van der Waals surface area (Å²) in [6.07, 6.45) is 2.91. The number of esters is 1. The van der Waals surface area contributed by atoms with Crippen molar-refractivity contribution in [3.05, 3.63) is 65.1 Å². The Morgan fingerprint density at radius 3 is 2.21 bits per heavy atom. The number of piperidine rings is 1. The summed E-state index contributed by atoms with van der Waals surface area (Å²) in [7, 11) is 0.707. The van der Waals surface area contributed by atoms with Crippen LogP contribution in [0.25, 0.3) is 0 Å². The molecule has 15 nitrogen and oxygen atoms in total. The number of aliphatic hydroxyl groups is 3. The first-order chi connectivity index (χ1) is 31.2. The van der Waals surface area contributed by atoms with Crippen LogP contribution in [0.3, 0.4) is 0 Å². The van der Waals surface area contributed by atoms with E-state index in [1.54, 1.807) is 45.0 Å². The third kappa shape index (κ3) is 12.9. The molecule has 2 bridgehead atoms. The predicted molar refractivity (Wildman–Crippen MR) is 245 cm³/mol. The molecule has 1 aromatic rings. The number of sulfone groups is 1. The standard InChI is InChI=1S/C50H73NO14S/c1-30-23-31(2)25-43(62-7)46-44(63-8)27-33(4)50(58,65-46)47(55)48(56)51-21-13-12-18-38(51)49(57)64-45(32(3)26-35-19-20-39(52)42(28-35)61-6)34(5)40(53)29-41(54)36(24-30)15-14-22-66(59,60)37-16-10-9-11-17-37/h9-11,14,16-17,22,24,26,31,33-36,38-40,42-46,52-53,58H,12-13,15,18-21,23,25,27-29H2,1-8H3/b22-14+,30-24+,32-26+. The van der Waals surface area contributed by atoms with Gasteiger partial charge in [-0.3, -0.25) is 14.4 Å². The average molecular weight is 944 g/mol.